The van der Waals surface area contributed by atoms with Crippen LogP contribution < -0.4 is 4.74 Å². The van der Waals surface area contributed by atoms with Gasteiger partial charge in [-0.3, -0.25) is 0 Å². The normalized spacial score (nSPS) is 12.1. The van der Waals surface area contributed by atoms with Crippen LogP contribution in [-0.2, 0) is 31.0 Å². The van der Waals surface area contributed by atoms with Crippen LogP contribution >= 0.6 is 0 Å². The Labute approximate surface area is 141 Å². The Balaban J connectivity index is 2.19. The predicted molar refractivity (Wildman–Crippen MR) is 89.4 cm³/mol. The lowest BCUT2D eigenvalue weighted by atomic mass is 10.2. The molecule has 130 valence electrons. The summed E-state index contributed by atoms with van der Waals surface area (Å²) in [7, 11) is -6.05. The molecule has 0 N–H and O–H groups in total. The number of hydrogen-bond acceptors (Lipinski definition) is 6. The third-order valence-corrected chi connectivity index (χ3v) is 6.06. The summed E-state index contributed by atoms with van der Waals surface area (Å²) in [6.45, 7) is 0.0320. The van der Waals surface area contributed by atoms with Gasteiger partial charge in [0.15, 0.2) is 15.8 Å². The summed E-state index contributed by atoms with van der Waals surface area (Å²) < 4.78 is 58.8. The van der Waals surface area contributed by atoms with Crippen molar-refractivity contribution in [1.29, 1.82) is 0 Å². The van der Waals surface area contributed by atoms with E-state index in [0.717, 1.165) is 6.26 Å². The molecule has 0 aliphatic carbocycles. The highest BCUT2D eigenvalue weighted by atomic mass is 32.2. The van der Waals surface area contributed by atoms with Crippen molar-refractivity contribution >= 4 is 19.7 Å². The number of ether oxygens (including phenoxy) is 2. The van der Waals surface area contributed by atoms with Gasteiger partial charge in [0, 0.05) is 11.8 Å². The molecule has 2 rings (SSSR count). The van der Waals surface area contributed by atoms with Gasteiger partial charge in [0.1, 0.15) is 5.75 Å². The van der Waals surface area contributed by atoms with E-state index in [1.807, 2.05) is 0 Å². The van der Waals surface area contributed by atoms with Gasteiger partial charge in [-0.25, -0.2) is 16.8 Å². The van der Waals surface area contributed by atoms with Crippen LogP contribution in [0.5, 0.6) is 5.75 Å². The fourth-order valence-electron chi connectivity index (χ4n) is 2.16. The standard InChI is InChI=1S/C16H18O6S2/c1-21-14-8-4-3-7-13(14)11-22-12-24(19,20)16-10-6-5-9-15(16)23(2,17)18/h3-10H,11-12H2,1-2H3. The Bertz CT molecular complexity index is 917. The average Bonchev–Trinajstić information content (AvgIpc) is 2.54. The number of benzene rings is 2. The molecule has 24 heavy (non-hydrogen) atoms. The lowest BCUT2D eigenvalue weighted by Gasteiger charge is -2.11. The van der Waals surface area contributed by atoms with E-state index in [1.165, 1.54) is 31.4 Å². The molecule has 0 heterocycles. The molecule has 0 aliphatic rings. The van der Waals surface area contributed by atoms with Crippen molar-refractivity contribution in [1.82, 2.24) is 0 Å². The van der Waals surface area contributed by atoms with E-state index in [9.17, 15) is 16.8 Å². The highest BCUT2D eigenvalue weighted by molar-refractivity contribution is 7.94. The first-order valence-corrected chi connectivity index (χ1v) is 10.5. The van der Waals surface area contributed by atoms with Crippen LogP contribution in [-0.4, -0.2) is 36.1 Å². The van der Waals surface area contributed by atoms with Gasteiger partial charge in [-0.05, 0) is 18.2 Å². The number of methoxy groups -OCH3 is 1. The van der Waals surface area contributed by atoms with Crippen LogP contribution in [0, 0.1) is 0 Å². The number of para-hydroxylation sites is 1. The van der Waals surface area contributed by atoms with Crippen LogP contribution in [0.3, 0.4) is 0 Å². The highest BCUT2D eigenvalue weighted by Gasteiger charge is 2.23. The van der Waals surface area contributed by atoms with Crippen molar-refractivity contribution in [3.8, 4) is 5.75 Å². The molecule has 0 fully saturated rings. The van der Waals surface area contributed by atoms with E-state index in [2.05, 4.69) is 0 Å². The molecule has 0 aromatic heterocycles. The molecule has 0 saturated carbocycles. The van der Waals surface area contributed by atoms with Crippen molar-refractivity contribution in [2.45, 2.75) is 16.4 Å². The van der Waals surface area contributed by atoms with Crippen molar-refractivity contribution in [2.24, 2.45) is 0 Å². The molecule has 2 aromatic carbocycles. The maximum Gasteiger partial charge on any atom is 0.203 e. The molecular formula is C16H18O6S2. The molecule has 0 atom stereocenters. The maximum absolute atomic E-state index is 12.4. The lowest BCUT2D eigenvalue weighted by molar-refractivity contribution is 0.160. The maximum atomic E-state index is 12.4. The molecule has 6 nitrogen and oxygen atoms in total. The second kappa shape index (κ2) is 7.33. The van der Waals surface area contributed by atoms with Crippen molar-refractivity contribution in [3.63, 3.8) is 0 Å². The van der Waals surface area contributed by atoms with Crippen LogP contribution in [0.1, 0.15) is 5.56 Å². The first kappa shape index (κ1) is 18.4. The Hall–Kier alpha value is -1.90. The summed E-state index contributed by atoms with van der Waals surface area (Å²) in [4.78, 5) is -0.488. The summed E-state index contributed by atoms with van der Waals surface area (Å²) in [5, 5.41) is 0. The van der Waals surface area contributed by atoms with E-state index in [0.29, 0.717) is 11.3 Å². The van der Waals surface area contributed by atoms with E-state index < -0.39 is 25.6 Å². The van der Waals surface area contributed by atoms with Gasteiger partial charge >= 0.3 is 0 Å². The highest BCUT2D eigenvalue weighted by Crippen LogP contribution is 2.23. The Morgan fingerprint density at radius 2 is 1.46 bits per heavy atom. The van der Waals surface area contributed by atoms with Crippen LogP contribution in [0.25, 0.3) is 0 Å². The smallest absolute Gasteiger partial charge is 0.203 e. The molecule has 0 aliphatic heterocycles. The van der Waals surface area contributed by atoms with E-state index in [1.54, 1.807) is 24.3 Å². The Kier molecular flexibility index (Phi) is 5.63. The summed E-state index contributed by atoms with van der Waals surface area (Å²) in [6, 6.07) is 12.6. The van der Waals surface area contributed by atoms with Gasteiger partial charge in [0.25, 0.3) is 0 Å². The quantitative estimate of drug-likeness (QED) is 0.741. The summed E-state index contributed by atoms with van der Waals surface area (Å²) in [5.74, 6) is -0.0381. The molecule has 8 heteroatoms. The topological polar surface area (TPSA) is 86.7 Å². The lowest BCUT2D eigenvalue weighted by Crippen LogP contribution is -2.14. The number of rotatable bonds is 7. The van der Waals surface area contributed by atoms with Crippen LogP contribution in [0.2, 0.25) is 0 Å². The number of hydrogen-bond donors (Lipinski definition) is 0. The summed E-state index contributed by atoms with van der Waals surface area (Å²) in [6.07, 6.45) is 0.969. The Morgan fingerprint density at radius 1 is 0.875 bits per heavy atom. The first-order chi connectivity index (χ1) is 11.3. The van der Waals surface area contributed by atoms with Gasteiger partial charge in [-0.2, -0.15) is 0 Å². The largest absolute Gasteiger partial charge is 0.496 e. The second-order valence-electron chi connectivity index (χ2n) is 5.11. The van der Waals surface area contributed by atoms with Crippen molar-refractivity contribution < 1.29 is 26.3 Å². The van der Waals surface area contributed by atoms with Crippen molar-refractivity contribution in [3.05, 3.63) is 54.1 Å². The summed E-state index contributed by atoms with van der Waals surface area (Å²) in [5.41, 5.74) is 0.701. The van der Waals surface area contributed by atoms with E-state index in [-0.39, 0.29) is 16.4 Å². The van der Waals surface area contributed by atoms with Crippen LogP contribution in [0.15, 0.2) is 58.3 Å². The zero-order chi connectivity index (χ0) is 17.8. The zero-order valence-corrected chi connectivity index (χ0v) is 14.9. The molecule has 0 bridgehead atoms. The van der Waals surface area contributed by atoms with Crippen LogP contribution in [0.4, 0.5) is 0 Å². The molecule has 2 aromatic rings. The Morgan fingerprint density at radius 3 is 2.08 bits per heavy atom. The fourth-order valence-corrected chi connectivity index (χ4v) is 4.84. The second-order valence-corrected chi connectivity index (χ2v) is 9.00. The molecule has 0 amide bonds. The third-order valence-electron chi connectivity index (χ3n) is 3.27. The van der Waals surface area contributed by atoms with Gasteiger partial charge in [-0.15, -0.1) is 0 Å². The minimum Gasteiger partial charge on any atom is -0.496 e. The zero-order valence-electron chi connectivity index (χ0n) is 13.3. The summed E-state index contributed by atoms with van der Waals surface area (Å²) >= 11 is 0. The van der Waals surface area contributed by atoms with Crippen molar-refractivity contribution in [2.75, 3.05) is 19.3 Å². The molecule has 0 radical (unpaired) electrons. The average molecular weight is 370 g/mol. The minimum atomic E-state index is -3.91. The minimum absolute atomic E-state index is 0.0320. The first-order valence-electron chi connectivity index (χ1n) is 6.97. The van der Waals surface area contributed by atoms with E-state index in [4.69, 9.17) is 9.47 Å². The molecule has 0 unspecified atom stereocenters. The molecular weight excluding hydrogens is 352 g/mol. The molecule has 0 spiro atoms. The van der Waals surface area contributed by atoms with E-state index >= 15 is 0 Å². The van der Waals surface area contributed by atoms with Gasteiger partial charge < -0.3 is 9.47 Å². The number of sulfone groups is 2. The predicted octanol–water partition coefficient (Wildman–Crippen LogP) is 2.05. The van der Waals surface area contributed by atoms with Gasteiger partial charge in [-0.1, -0.05) is 30.3 Å². The van der Waals surface area contributed by atoms with Gasteiger partial charge in [0.05, 0.1) is 23.5 Å². The van der Waals surface area contributed by atoms with Gasteiger partial charge in [0.2, 0.25) is 9.84 Å². The monoisotopic (exact) mass is 370 g/mol. The third kappa shape index (κ3) is 4.34. The SMILES string of the molecule is COc1ccccc1COCS(=O)(=O)c1ccccc1S(C)(=O)=O. The molecule has 0 saturated heterocycles. The fraction of sp³-hybridized carbons (Fsp3) is 0.250.